The molecule has 2 aromatic carbocycles. The van der Waals surface area contributed by atoms with Crippen LogP contribution in [0.1, 0.15) is 23.3 Å². The molecular weight excluding hydrogens is 488 g/mol. The number of rotatable bonds is 7. The molecule has 37 heavy (non-hydrogen) atoms. The van der Waals surface area contributed by atoms with E-state index < -0.39 is 37.3 Å². The minimum Gasteiger partial charge on any atom is -0.504 e. The van der Waals surface area contributed by atoms with E-state index in [2.05, 4.69) is 0 Å². The number of fused-ring (bicyclic) bond motifs is 1. The maximum Gasteiger partial charge on any atom is 0.229 e. The van der Waals surface area contributed by atoms with E-state index in [1.807, 2.05) is 12.1 Å². The van der Waals surface area contributed by atoms with Gasteiger partial charge < -0.3 is 54.0 Å². The number of phenols is 1. The molecule has 0 aromatic heterocycles. The quantitative estimate of drug-likeness (QED) is 0.349. The number of hydrogen-bond acceptors (Lipinski definition) is 11. The normalized spacial score (nSPS) is 35.2. The molecule has 3 aliphatic heterocycles. The van der Waals surface area contributed by atoms with Crippen molar-refractivity contribution in [3.8, 4) is 23.0 Å². The van der Waals surface area contributed by atoms with Crippen molar-refractivity contribution >= 4 is 0 Å². The molecule has 11 nitrogen and oxygen atoms in total. The molecule has 0 radical (unpaired) electrons. The van der Waals surface area contributed by atoms with Gasteiger partial charge in [-0.05, 0) is 35.4 Å². The number of aliphatic hydroxyl groups is 4. The average molecular weight is 521 g/mol. The van der Waals surface area contributed by atoms with E-state index in [0.717, 1.165) is 11.1 Å². The number of phenolic OH excluding ortho intramolecular Hbond substituents is 1. The van der Waals surface area contributed by atoms with Crippen molar-refractivity contribution in [2.75, 3.05) is 34.0 Å². The third-order valence-electron chi connectivity index (χ3n) is 7.40. The second-order valence-electron chi connectivity index (χ2n) is 9.49. The summed E-state index contributed by atoms with van der Waals surface area (Å²) in [6, 6.07) is 10.5. The number of aromatic hydroxyl groups is 1. The summed E-state index contributed by atoms with van der Waals surface area (Å²) in [5.74, 6) is 1.27. The summed E-state index contributed by atoms with van der Waals surface area (Å²) >= 11 is 0. The number of aliphatic hydroxyl groups excluding tert-OH is 4. The summed E-state index contributed by atoms with van der Waals surface area (Å²) in [6.45, 7) is 0.436. The van der Waals surface area contributed by atoms with Gasteiger partial charge in [-0.1, -0.05) is 12.1 Å². The Morgan fingerprint density at radius 1 is 0.784 bits per heavy atom. The van der Waals surface area contributed by atoms with Crippen LogP contribution in [0.4, 0.5) is 0 Å². The van der Waals surface area contributed by atoms with Crippen molar-refractivity contribution < 1.29 is 54.0 Å². The van der Waals surface area contributed by atoms with Gasteiger partial charge in [-0.2, -0.15) is 0 Å². The van der Waals surface area contributed by atoms with Crippen LogP contribution in [0.5, 0.6) is 23.0 Å². The standard InChI is InChI=1S/C26H32O11/c1-32-18-7-12(3-5-16(18)28)24-14-10-35-25(15(14)11-34-24)13-4-6-17(19(8-13)33-2)36-26-23(31)22(30)21(29)20(9-27)37-26/h3-8,14-15,20-31H,9-11H2,1-2H3/t14-,15-,20-,21-,22+,23-,24+,25+,26+/m0/s1. The molecule has 202 valence electrons. The zero-order valence-corrected chi connectivity index (χ0v) is 20.5. The van der Waals surface area contributed by atoms with Crippen molar-refractivity contribution in [3.05, 3.63) is 47.5 Å². The Balaban J connectivity index is 1.32. The molecule has 0 unspecified atom stereocenters. The van der Waals surface area contributed by atoms with Gasteiger partial charge >= 0.3 is 0 Å². The van der Waals surface area contributed by atoms with Gasteiger partial charge in [0.05, 0.1) is 46.2 Å². The Hall–Kier alpha value is -2.64. The lowest BCUT2D eigenvalue weighted by Crippen LogP contribution is -2.60. The van der Waals surface area contributed by atoms with Gasteiger partial charge in [0.15, 0.2) is 23.0 Å². The molecule has 0 bridgehead atoms. The summed E-state index contributed by atoms with van der Waals surface area (Å²) in [7, 11) is 2.98. The van der Waals surface area contributed by atoms with E-state index in [9.17, 15) is 25.5 Å². The van der Waals surface area contributed by atoms with E-state index in [1.54, 1.807) is 24.3 Å². The molecule has 9 atom stereocenters. The predicted molar refractivity (Wildman–Crippen MR) is 126 cm³/mol. The number of ether oxygens (including phenoxy) is 6. The molecule has 3 fully saturated rings. The molecular formula is C26H32O11. The van der Waals surface area contributed by atoms with Crippen LogP contribution in [-0.2, 0) is 14.2 Å². The van der Waals surface area contributed by atoms with Crippen molar-refractivity contribution in [1.82, 2.24) is 0 Å². The number of hydrogen-bond donors (Lipinski definition) is 5. The smallest absolute Gasteiger partial charge is 0.229 e. The van der Waals surface area contributed by atoms with Crippen LogP contribution in [0.25, 0.3) is 0 Å². The second-order valence-corrected chi connectivity index (χ2v) is 9.49. The first-order valence-electron chi connectivity index (χ1n) is 12.1. The highest BCUT2D eigenvalue weighted by Gasteiger charge is 2.49. The molecule has 5 N–H and O–H groups in total. The topological polar surface area (TPSA) is 157 Å². The average Bonchev–Trinajstić information content (AvgIpc) is 3.52. The first-order valence-corrected chi connectivity index (χ1v) is 12.1. The Labute approximate surface area is 213 Å². The van der Waals surface area contributed by atoms with E-state index in [4.69, 9.17) is 28.4 Å². The lowest BCUT2D eigenvalue weighted by Gasteiger charge is -2.39. The van der Waals surface area contributed by atoms with Crippen molar-refractivity contribution in [3.63, 3.8) is 0 Å². The van der Waals surface area contributed by atoms with Gasteiger partial charge in [0.2, 0.25) is 6.29 Å². The van der Waals surface area contributed by atoms with Crippen LogP contribution in [-0.4, -0.2) is 90.3 Å². The first kappa shape index (κ1) is 26.0. The van der Waals surface area contributed by atoms with Gasteiger partial charge in [0.25, 0.3) is 0 Å². The van der Waals surface area contributed by atoms with Crippen molar-refractivity contribution in [2.45, 2.75) is 42.9 Å². The van der Waals surface area contributed by atoms with Crippen molar-refractivity contribution in [1.29, 1.82) is 0 Å². The highest BCUT2D eigenvalue weighted by atomic mass is 16.7. The zero-order valence-electron chi connectivity index (χ0n) is 20.5. The predicted octanol–water partition coefficient (Wildman–Crippen LogP) is 0.663. The molecule has 0 spiro atoms. The highest BCUT2D eigenvalue weighted by molar-refractivity contribution is 5.45. The van der Waals surface area contributed by atoms with Crippen molar-refractivity contribution in [2.24, 2.45) is 11.8 Å². The molecule has 3 saturated heterocycles. The van der Waals surface area contributed by atoms with E-state index in [0.29, 0.717) is 24.7 Å². The molecule has 5 rings (SSSR count). The Morgan fingerprint density at radius 2 is 1.38 bits per heavy atom. The minimum absolute atomic E-state index is 0.0689. The Kier molecular flexibility index (Phi) is 7.46. The Morgan fingerprint density at radius 3 is 1.97 bits per heavy atom. The van der Waals surface area contributed by atoms with Crippen LogP contribution >= 0.6 is 0 Å². The highest BCUT2D eigenvalue weighted by Crippen LogP contribution is 2.51. The van der Waals surface area contributed by atoms with Crippen LogP contribution in [0, 0.1) is 11.8 Å². The number of methoxy groups -OCH3 is 2. The van der Waals surface area contributed by atoms with Crippen LogP contribution < -0.4 is 14.2 Å². The number of benzene rings is 2. The molecule has 3 heterocycles. The maximum absolute atomic E-state index is 10.3. The summed E-state index contributed by atoms with van der Waals surface area (Å²) in [6.07, 6.45) is -7.41. The minimum atomic E-state index is -1.55. The van der Waals surface area contributed by atoms with Gasteiger partial charge in [0, 0.05) is 11.8 Å². The molecule has 3 aliphatic rings. The van der Waals surface area contributed by atoms with Gasteiger partial charge in [-0.25, -0.2) is 0 Å². The van der Waals surface area contributed by atoms with E-state index in [1.165, 1.54) is 14.2 Å². The van der Waals surface area contributed by atoms with Crippen LogP contribution in [0.2, 0.25) is 0 Å². The fourth-order valence-electron chi connectivity index (χ4n) is 5.35. The molecule has 2 aromatic rings. The molecule has 0 amide bonds. The zero-order chi connectivity index (χ0) is 26.3. The van der Waals surface area contributed by atoms with Crippen LogP contribution in [0.3, 0.4) is 0 Å². The van der Waals surface area contributed by atoms with Crippen LogP contribution in [0.15, 0.2) is 36.4 Å². The van der Waals surface area contributed by atoms with E-state index in [-0.39, 0.29) is 35.5 Å². The monoisotopic (exact) mass is 520 g/mol. The molecule has 0 saturated carbocycles. The Bertz CT molecular complexity index is 1090. The fourth-order valence-corrected chi connectivity index (χ4v) is 5.35. The summed E-state index contributed by atoms with van der Waals surface area (Å²) < 4.78 is 34.3. The SMILES string of the molecule is COc1cc([C@H]2OC[C@H]3[C@@H]2CO[C@@H]3c2ccc(O[C@@H]3O[C@@H](CO)[C@H](O)[C@@H](O)[C@@H]3O)c(OC)c2)ccc1O. The summed E-state index contributed by atoms with van der Waals surface area (Å²) in [5.41, 5.74) is 1.77. The third-order valence-corrected chi connectivity index (χ3v) is 7.40. The lowest BCUT2D eigenvalue weighted by molar-refractivity contribution is -0.277. The van der Waals surface area contributed by atoms with E-state index >= 15 is 0 Å². The first-order chi connectivity index (χ1) is 17.9. The van der Waals surface area contributed by atoms with Gasteiger partial charge in [-0.3, -0.25) is 0 Å². The maximum atomic E-state index is 10.3. The largest absolute Gasteiger partial charge is 0.504 e. The molecule has 0 aliphatic carbocycles. The second kappa shape index (κ2) is 10.6. The third kappa shape index (κ3) is 4.72. The molecule has 11 heteroatoms. The van der Waals surface area contributed by atoms with Gasteiger partial charge in [-0.15, -0.1) is 0 Å². The fraction of sp³-hybridized carbons (Fsp3) is 0.538. The van der Waals surface area contributed by atoms with Gasteiger partial charge in [0.1, 0.15) is 24.4 Å². The lowest BCUT2D eigenvalue weighted by atomic mass is 9.85. The summed E-state index contributed by atoms with van der Waals surface area (Å²) in [4.78, 5) is 0. The summed E-state index contributed by atoms with van der Waals surface area (Å²) in [5, 5.41) is 49.7.